The molecule has 2 heterocycles. The third kappa shape index (κ3) is 2.90. The van der Waals surface area contributed by atoms with Gasteiger partial charge in [0.2, 0.25) is 0 Å². The van der Waals surface area contributed by atoms with Crippen LogP contribution in [0.5, 0.6) is 0 Å². The molecule has 0 spiro atoms. The second-order valence-corrected chi connectivity index (χ2v) is 5.59. The van der Waals surface area contributed by atoms with Gasteiger partial charge in [0.1, 0.15) is 0 Å². The first-order valence-electron chi connectivity index (χ1n) is 6.35. The molecule has 0 aliphatic carbocycles. The number of hydrogen-bond donors (Lipinski definition) is 2. The molecule has 0 saturated carbocycles. The van der Waals surface area contributed by atoms with Gasteiger partial charge in [0.25, 0.3) is 0 Å². The molecule has 5 nitrogen and oxygen atoms in total. The van der Waals surface area contributed by atoms with Gasteiger partial charge >= 0.3 is 6.09 Å². The summed E-state index contributed by atoms with van der Waals surface area (Å²) in [4.78, 5) is 13.1. The SMILES string of the molecule is CC1(C)CC(N(C(=O)O)[C@@H]2CCNC2)CCO1. The number of carboxylic acid groups (broad SMARTS) is 1. The zero-order valence-corrected chi connectivity index (χ0v) is 10.6. The number of amides is 1. The molecule has 98 valence electrons. The summed E-state index contributed by atoms with van der Waals surface area (Å²) in [7, 11) is 0. The zero-order valence-electron chi connectivity index (χ0n) is 10.6. The molecule has 0 radical (unpaired) electrons. The van der Waals surface area contributed by atoms with E-state index in [4.69, 9.17) is 4.74 Å². The maximum atomic E-state index is 11.5. The van der Waals surface area contributed by atoms with Gasteiger partial charge in [-0.2, -0.15) is 0 Å². The van der Waals surface area contributed by atoms with Crippen molar-refractivity contribution in [1.29, 1.82) is 0 Å². The van der Waals surface area contributed by atoms with Gasteiger partial charge in [0, 0.05) is 25.2 Å². The summed E-state index contributed by atoms with van der Waals surface area (Å²) < 4.78 is 5.65. The highest BCUT2D eigenvalue weighted by Crippen LogP contribution is 2.29. The topological polar surface area (TPSA) is 61.8 Å². The molecule has 1 unspecified atom stereocenters. The average molecular weight is 242 g/mol. The van der Waals surface area contributed by atoms with Gasteiger partial charge in [-0.05, 0) is 39.7 Å². The number of rotatable bonds is 2. The number of carbonyl (C=O) groups is 1. The third-order valence-electron chi connectivity index (χ3n) is 3.71. The Labute approximate surface area is 102 Å². The molecule has 2 N–H and O–H groups in total. The van der Waals surface area contributed by atoms with Crippen molar-refractivity contribution in [2.45, 2.75) is 50.8 Å². The van der Waals surface area contributed by atoms with Crippen molar-refractivity contribution >= 4 is 6.09 Å². The lowest BCUT2D eigenvalue weighted by Crippen LogP contribution is -2.52. The van der Waals surface area contributed by atoms with Crippen LogP contribution in [0.1, 0.15) is 33.1 Å². The highest BCUT2D eigenvalue weighted by Gasteiger charge is 2.38. The molecule has 5 heteroatoms. The quantitative estimate of drug-likeness (QED) is 0.766. The summed E-state index contributed by atoms with van der Waals surface area (Å²) in [6.45, 7) is 6.42. The van der Waals surface area contributed by atoms with Crippen LogP contribution in [0.25, 0.3) is 0 Å². The molecule has 0 aromatic heterocycles. The van der Waals surface area contributed by atoms with Crippen molar-refractivity contribution in [1.82, 2.24) is 10.2 Å². The van der Waals surface area contributed by atoms with Gasteiger partial charge in [0.05, 0.1) is 5.60 Å². The fourth-order valence-corrected chi connectivity index (χ4v) is 2.92. The van der Waals surface area contributed by atoms with Crippen molar-refractivity contribution in [3.8, 4) is 0 Å². The fraction of sp³-hybridized carbons (Fsp3) is 0.917. The summed E-state index contributed by atoms with van der Waals surface area (Å²) in [6.07, 6.45) is 1.73. The van der Waals surface area contributed by atoms with Crippen molar-refractivity contribution in [2.24, 2.45) is 0 Å². The molecule has 0 bridgehead atoms. The van der Waals surface area contributed by atoms with Crippen molar-refractivity contribution in [2.75, 3.05) is 19.7 Å². The molecule has 2 saturated heterocycles. The minimum Gasteiger partial charge on any atom is -0.465 e. The summed E-state index contributed by atoms with van der Waals surface area (Å²) in [6, 6.07) is 0.229. The Hall–Kier alpha value is -0.810. The largest absolute Gasteiger partial charge is 0.465 e. The van der Waals surface area contributed by atoms with E-state index in [2.05, 4.69) is 5.32 Å². The standard InChI is InChI=1S/C12H22N2O3/c1-12(2)7-9(4-6-17-12)14(11(15)16)10-3-5-13-8-10/h9-10,13H,3-8H2,1-2H3,(H,15,16)/t9?,10-/m1/s1. The van der Waals surface area contributed by atoms with Crippen LogP contribution in [0.3, 0.4) is 0 Å². The monoisotopic (exact) mass is 242 g/mol. The van der Waals surface area contributed by atoms with Gasteiger partial charge in [-0.3, -0.25) is 0 Å². The number of nitrogens with one attached hydrogen (secondary N) is 1. The van der Waals surface area contributed by atoms with Gasteiger partial charge < -0.3 is 20.1 Å². The summed E-state index contributed by atoms with van der Waals surface area (Å²) in [5.74, 6) is 0. The minimum atomic E-state index is -0.790. The third-order valence-corrected chi connectivity index (χ3v) is 3.71. The Morgan fingerprint density at radius 2 is 2.18 bits per heavy atom. The molecule has 2 fully saturated rings. The van der Waals surface area contributed by atoms with Crippen LogP contribution in [-0.2, 0) is 4.74 Å². The molecule has 0 aromatic rings. The van der Waals surface area contributed by atoms with Gasteiger partial charge in [-0.1, -0.05) is 0 Å². The van der Waals surface area contributed by atoms with Crippen LogP contribution in [0.15, 0.2) is 0 Å². The summed E-state index contributed by atoms with van der Waals surface area (Å²) in [5, 5.41) is 12.6. The Kier molecular flexibility index (Phi) is 3.58. The van der Waals surface area contributed by atoms with Crippen LogP contribution in [0.2, 0.25) is 0 Å². The lowest BCUT2D eigenvalue weighted by molar-refractivity contribution is -0.0831. The maximum absolute atomic E-state index is 11.5. The van der Waals surface area contributed by atoms with E-state index in [1.165, 1.54) is 0 Å². The smallest absolute Gasteiger partial charge is 0.407 e. The predicted molar refractivity (Wildman–Crippen MR) is 64.2 cm³/mol. The van der Waals surface area contributed by atoms with E-state index in [1.54, 1.807) is 4.90 Å². The summed E-state index contributed by atoms with van der Waals surface area (Å²) in [5.41, 5.74) is -0.206. The first-order chi connectivity index (χ1) is 7.99. The van der Waals surface area contributed by atoms with E-state index in [9.17, 15) is 9.90 Å². The van der Waals surface area contributed by atoms with E-state index in [0.717, 1.165) is 32.4 Å². The van der Waals surface area contributed by atoms with Gasteiger partial charge in [0.15, 0.2) is 0 Å². The maximum Gasteiger partial charge on any atom is 0.407 e. The zero-order chi connectivity index (χ0) is 12.5. The van der Waals surface area contributed by atoms with E-state index in [-0.39, 0.29) is 17.7 Å². The minimum absolute atomic E-state index is 0.0983. The van der Waals surface area contributed by atoms with Gasteiger partial charge in [-0.25, -0.2) is 4.79 Å². The molecule has 2 aliphatic rings. The number of hydrogen-bond acceptors (Lipinski definition) is 3. The lowest BCUT2D eigenvalue weighted by Gasteiger charge is -2.42. The molecular weight excluding hydrogens is 220 g/mol. The normalized spacial score (nSPS) is 32.4. The van der Waals surface area contributed by atoms with Crippen LogP contribution < -0.4 is 5.32 Å². The molecule has 2 rings (SSSR count). The second kappa shape index (κ2) is 4.82. The highest BCUT2D eigenvalue weighted by atomic mass is 16.5. The van der Waals surface area contributed by atoms with Crippen LogP contribution in [-0.4, -0.2) is 53.5 Å². The van der Waals surface area contributed by atoms with Crippen LogP contribution >= 0.6 is 0 Å². The molecular formula is C12H22N2O3. The Bertz CT molecular complexity index is 287. The van der Waals surface area contributed by atoms with E-state index < -0.39 is 6.09 Å². The number of nitrogens with zero attached hydrogens (tertiary/aromatic N) is 1. The predicted octanol–water partition coefficient (Wildman–Crippen LogP) is 1.29. The lowest BCUT2D eigenvalue weighted by atomic mass is 9.92. The van der Waals surface area contributed by atoms with E-state index in [1.807, 2.05) is 13.8 Å². The average Bonchev–Trinajstić information content (AvgIpc) is 2.69. The number of ether oxygens (including phenoxy) is 1. The van der Waals surface area contributed by atoms with Crippen molar-refractivity contribution in [3.05, 3.63) is 0 Å². The van der Waals surface area contributed by atoms with Crippen molar-refractivity contribution in [3.63, 3.8) is 0 Å². The van der Waals surface area contributed by atoms with E-state index in [0.29, 0.717) is 6.61 Å². The molecule has 0 aromatic carbocycles. The fourth-order valence-electron chi connectivity index (χ4n) is 2.92. The van der Waals surface area contributed by atoms with Crippen molar-refractivity contribution < 1.29 is 14.6 Å². The molecule has 2 atom stereocenters. The molecule has 1 amide bonds. The summed E-state index contributed by atoms with van der Waals surface area (Å²) >= 11 is 0. The highest BCUT2D eigenvalue weighted by molar-refractivity contribution is 5.66. The van der Waals surface area contributed by atoms with Crippen LogP contribution in [0, 0.1) is 0 Å². The Balaban J connectivity index is 2.07. The first kappa shape index (κ1) is 12.6. The second-order valence-electron chi connectivity index (χ2n) is 5.59. The molecule has 17 heavy (non-hydrogen) atoms. The Morgan fingerprint density at radius 1 is 1.41 bits per heavy atom. The first-order valence-corrected chi connectivity index (χ1v) is 6.35. The van der Waals surface area contributed by atoms with Gasteiger partial charge in [-0.15, -0.1) is 0 Å². The van der Waals surface area contributed by atoms with E-state index >= 15 is 0 Å². The van der Waals surface area contributed by atoms with Crippen LogP contribution in [0.4, 0.5) is 4.79 Å². The molecule has 2 aliphatic heterocycles. The Morgan fingerprint density at radius 3 is 2.71 bits per heavy atom.